The maximum Gasteiger partial charge on any atom is 0.494 e. The number of carbonyl (C=O) groups excluding carboxylic acids is 8. The minimum absolute atomic E-state index is 0. The van der Waals surface area contributed by atoms with E-state index < -0.39 is 48.5 Å². The number of piperidine rings is 2. The second kappa shape index (κ2) is 38.6. The van der Waals surface area contributed by atoms with Crippen LogP contribution in [-0.2, 0) is 47.4 Å². The summed E-state index contributed by atoms with van der Waals surface area (Å²) in [6.07, 6.45) is 16.0. The quantitative estimate of drug-likeness (QED) is 0.0305. The number of hydrogen-bond acceptors (Lipinski definition) is 18. The summed E-state index contributed by atoms with van der Waals surface area (Å²) >= 11 is 3.44. The summed E-state index contributed by atoms with van der Waals surface area (Å²) in [6, 6.07) is 39.6. The van der Waals surface area contributed by atoms with Crippen LogP contribution in [0.2, 0.25) is 0 Å². The number of nitrogens with one attached hydrogen (secondary N) is 6. The van der Waals surface area contributed by atoms with Gasteiger partial charge in [-0.3, -0.25) is 29.2 Å². The first-order chi connectivity index (χ1) is 60.4. The van der Waals surface area contributed by atoms with Crippen molar-refractivity contribution in [2.45, 2.75) is 225 Å². The lowest BCUT2D eigenvalue weighted by molar-refractivity contribution is -0.136. The largest absolute Gasteiger partial charge is 0.494 e. The maximum atomic E-state index is 13.6. The molecule has 4 bridgehead atoms. The minimum Gasteiger partial charge on any atom is -0.453 e. The third kappa shape index (κ3) is 19.4. The number of rotatable bonds is 20. The number of aromatic amines is 2. The van der Waals surface area contributed by atoms with E-state index in [4.69, 9.17) is 38.5 Å². The highest BCUT2D eigenvalue weighted by Crippen LogP contribution is 2.48. The van der Waals surface area contributed by atoms with Crippen LogP contribution in [0.5, 0.6) is 0 Å². The van der Waals surface area contributed by atoms with E-state index >= 15 is 0 Å². The van der Waals surface area contributed by atoms with E-state index in [1.807, 2.05) is 90.2 Å². The number of allylic oxidation sites excluding steroid dienone is 2. The normalized spacial score (nSPS) is 22.5. The molecule has 127 heavy (non-hydrogen) atoms. The van der Waals surface area contributed by atoms with Crippen LogP contribution < -0.4 is 26.7 Å². The molecule has 30 heteroatoms. The van der Waals surface area contributed by atoms with Gasteiger partial charge in [-0.2, -0.15) is 0 Å². The number of imidazole rings is 2. The molecule has 12 atom stereocenters. The summed E-state index contributed by atoms with van der Waals surface area (Å²) in [4.78, 5) is 134. The summed E-state index contributed by atoms with van der Waals surface area (Å²) in [6.45, 7) is 20.6. The first-order valence-electron chi connectivity index (χ1n) is 44.0. The van der Waals surface area contributed by atoms with Crippen LogP contribution in [0.15, 0.2) is 161 Å². The van der Waals surface area contributed by atoms with Crippen LogP contribution in [0.1, 0.15) is 189 Å². The summed E-state index contributed by atoms with van der Waals surface area (Å²) in [5, 5.41) is 15.2. The van der Waals surface area contributed by atoms with Gasteiger partial charge in [0.2, 0.25) is 23.6 Å². The van der Waals surface area contributed by atoms with Gasteiger partial charge in [-0.25, -0.2) is 29.1 Å². The van der Waals surface area contributed by atoms with Gasteiger partial charge in [0.1, 0.15) is 35.8 Å². The molecule has 9 heterocycles. The molecule has 2 saturated carbocycles. The molecule has 2 aliphatic carbocycles. The molecule has 0 unspecified atom stereocenters. The number of fused-ring (bicyclic) bond motifs is 6. The zero-order valence-electron chi connectivity index (χ0n) is 74.1. The second-order valence-corrected chi connectivity index (χ2v) is 37.1. The Morgan fingerprint density at radius 2 is 0.835 bits per heavy atom. The Morgan fingerprint density at radius 1 is 0.465 bits per heavy atom. The van der Waals surface area contributed by atoms with Crippen molar-refractivity contribution < 1.29 is 66.6 Å². The van der Waals surface area contributed by atoms with E-state index in [1.165, 1.54) is 28.4 Å². The first kappa shape index (κ1) is 91.7. The predicted molar refractivity (Wildman–Crippen MR) is 494 cm³/mol. The van der Waals surface area contributed by atoms with Crippen molar-refractivity contribution >= 4 is 121 Å². The van der Waals surface area contributed by atoms with E-state index in [9.17, 15) is 38.4 Å². The fraction of sp³-hybridized carbons (Fsp3) is 0.464. The summed E-state index contributed by atoms with van der Waals surface area (Å²) in [5.41, 5.74) is 12.9. The minimum atomic E-state index is -0.683. The number of methoxy groups -OCH3 is 4. The van der Waals surface area contributed by atoms with Gasteiger partial charge in [0, 0.05) is 66.3 Å². The van der Waals surface area contributed by atoms with Crippen molar-refractivity contribution in [3.63, 3.8) is 0 Å². The maximum absolute atomic E-state index is 13.6. The highest BCUT2D eigenvalue weighted by molar-refractivity contribution is 9.10. The van der Waals surface area contributed by atoms with Crippen LogP contribution in [0.3, 0.4) is 0 Å². The number of alkyl carbamates (subject to hydrolysis) is 4. The number of H-pyrrole nitrogens is 2. The molecule has 0 radical (unpaired) electrons. The predicted octanol–water partition coefficient (Wildman–Crippen LogP) is 16.2. The van der Waals surface area contributed by atoms with Crippen molar-refractivity contribution in [2.24, 2.45) is 33.7 Å². The molecule has 7 aliphatic heterocycles. The molecular weight excluding hydrogens is 1680 g/mol. The summed E-state index contributed by atoms with van der Waals surface area (Å²) < 4.78 is 32.4. The molecule has 2 aromatic heterocycles. The van der Waals surface area contributed by atoms with Crippen molar-refractivity contribution in [1.29, 1.82) is 0 Å². The molecular formula is C97H118BBrN14O14. The van der Waals surface area contributed by atoms with E-state index in [0.29, 0.717) is 37.8 Å². The number of halogens is 1. The molecule has 7 fully saturated rings. The number of nitrogens with zero attached hydrogens (tertiary/aromatic N) is 8. The Bertz CT molecular complexity index is 5570. The number of amides is 8. The molecule has 28 nitrogen and oxygen atoms in total. The number of carbonyl (C=O) groups is 8. The van der Waals surface area contributed by atoms with Crippen LogP contribution in [0, 0.1) is 23.7 Å². The zero-order valence-corrected chi connectivity index (χ0v) is 75.7. The van der Waals surface area contributed by atoms with Crippen LogP contribution in [0.4, 0.5) is 19.2 Å². The smallest absolute Gasteiger partial charge is 0.453 e. The van der Waals surface area contributed by atoms with Gasteiger partial charge in [0.25, 0.3) is 0 Å². The Labute approximate surface area is 751 Å². The SMILES string of the molecule is C.COC(=O)N[C@@H](C)C(=O)N1[C@@H]2CC[C@@H](C2)[C@H]1C1=NC=C(c2ccc3cc(-c4ccc(-c5cnc([C@@H]6CCCN6C(=O)[C@@H](NC(=O)OC)C(C)C)[nH]5)cc4)ccc3c2)C1.COC(=O)N[C@@H](C)C(=O)N1[C@@H]2CC[C@@H](C2)[C@H]1C1=NC=C(c2ccc3cc(B4OC(C)(C)C(C)(C)O4)ccc3c2)C1.COC(=O)N[C@H](C(=O)N1CCC[C@H]1c1ncc(-c2ccc(Br)cc2)[nH]1)C(C)C. The monoisotopic (exact) mass is 1790 g/mol. The molecule has 8 amide bonds. The number of hydrogen-bond donors (Lipinski definition) is 6. The lowest BCUT2D eigenvalue weighted by Gasteiger charge is -2.37. The molecule has 6 N–H and O–H groups in total. The number of aliphatic imine (C=N–C) groups is 2. The second-order valence-electron chi connectivity index (χ2n) is 36.2. The third-order valence-electron chi connectivity index (χ3n) is 27.0. The van der Waals surface area contributed by atoms with Crippen LogP contribution in [-0.4, -0.2) is 207 Å². The molecule has 670 valence electrons. The molecule has 6 aromatic carbocycles. The zero-order chi connectivity index (χ0) is 89.3. The number of ether oxygens (including phenoxy) is 4. The average Bonchev–Trinajstić information content (AvgIpc) is 1.64. The van der Waals surface area contributed by atoms with Gasteiger partial charge >= 0.3 is 31.5 Å². The van der Waals surface area contributed by atoms with Gasteiger partial charge < -0.3 is 79.1 Å². The van der Waals surface area contributed by atoms with E-state index in [-0.39, 0.29) is 97.5 Å². The van der Waals surface area contributed by atoms with Gasteiger partial charge in [-0.05, 0) is 231 Å². The van der Waals surface area contributed by atoms with Gasteiger partial charge in [-0.1, -0.05) is 142 Å². The van der Waals surface area contributed by atoms with Crippen molar-refractivity contribution in [3.8, 4) is 33.6 Å². The molecule has 9 aliphatic rings. The van der Waals surface area contributed by atoms with Crippen molar-refractivity contribution in [3.05, 3.63) is 173 Å². The van der Waals surface area contributed by atoms with Gasteiger partial charge in [0.15, 0.2) is 0 Å². The number of benzene rings is 6. The highest BCUT2D eigenvalue weighted by atomic mass is 79.9. The standard InChI is InChI=1S/C45H51N7O6.C31H38BN3O5.C20H25BrN4O3.CH4/c1-25(2)39(50-45(56)58-5)43(54)51-18-6-7-38(51)41-47-24-37(49-41)28-10-8-27(9-11-28)29-12-13-31-20-32(15-14-30(31)19-29)34-22-36(46-23-34)40-33-16-17-35(21-33)52(40)42(53)26(3)48-44(55)57-4;1-18(34-29(37)38-6)28(36)35-25-12-10-22(15-25)27(35)26-16-23(17-33-26)20-7-8-21-14-24(11-9-19(21)13-20)32-39-30(2,3)31(4,5)40-32;1-12(2)17(24-20(27)28-3)19(26)25-10-4-5-16(25)18-22-11-15(23-18)13-6-8-14(21)9-7-13;/h8-15,19-20,23-26,33,35,38-40H,6-7,16-18,21-22H2,1-5H3,(H,47,49)(H,48,55)(H,50,56);7-9,11,13-14,17-18,22,25,27H,10,12,15-16H2,1-6H3,(H,34,37);6-9,11-12,16-17H,4-5,10H2,1-3H3,(H,22,23)(H,24,27);1H4/t26-,33-,35+,38-,39-,40-;18-,22-,25+,27-;16-,17-;/m000./s1. The van der Waals surface area contributed by atoms with Gasteiger partial charge in [-0.15, -0.1) is 0 Å². The number of likely N-dealkylation sites (tertiary alicyclic amines) is 4. The lowest BCUT2D eigenvalue weighted by Crippen LogP contribution is -2.55. The van der Waals surface area contributed by atoms with E-state index in [2.05, 4.69) is 182 Å². The molecule has 5 saturated heterocycles. The molecule has 0 spiro atoms. The van der Waals surface area contributed by atoms with E-state index in [0.717, 1.165) is 175 Å². The van der Waals surface area contributed by atoms with Crippen LogP contribution >= 0.6 is 15.9 Å². The van der Waals surface area contributed by atoms with Crippen molar-refractivity contribution in [2.75, 3.05) is 41.5 Å². The fourth-order valence-electron chi connectivity index (χ4n) is 19.5. The number of aromatic nitrogens is 4. The molecule has 17 rings (SSSR count). The highest BCUT2D eigenvalue weighted by Gasteiger charge is 2.55. The average molecular weight is 1790 g/mol. The molecule has 8 aromatic rings. The van der Waals surface area contributed by atoms with Crippen LogP contribution in [0.25, 0.3) is 66.3 Å². The topological polar surface area (TPSA) is 335 Å². The first-order valence-corrected chi connectivity index (χ1v) is 44.7. The van der Waals surface area contributed by atoms with Crippen molar-refractivity contribution in [1.82, 2.24) is 60.8 Å². The third-order valence-corrected chi connectivity index (χ3v) is 27.5. The Balaban J connectivity index is 0.000000164. The Morgan fingerprint density at radius 3 is 1.25 bits per heavy atom. The fourth-order valence-corrected chi connectivity index (χ4v) is 19.8. The van der Waals surface area contributed by atoms with Gasteiger partial charge in [0.05, 0.1) is 87.6 Å². The Kier molecular flexibility index (Phi) is 27.9. The van der Waals surface area contributed by atoms with E-state index in [1.54, 1.807) is 20.0 Å². The lowest BCUT2D eigenvalue weighted by atomic mass is 9.78. The Hall–Kier alpha value is -11.5. The summed E-state index contributed by atoms with van der Waals surface area (Å²) in [5.74, 6) is 1.75. The summed E-state index contributed by atoms with van der Waals surface area (Å²) in [7, 11) is 4.80.